The van der Waals surface area contributed by atoms with Gasteiger partial charge in [-0.05, 0) is 31.0 Å². The lowest BCUT2D eigenvalue weighted by molar-refractivity contribution is -0.383. The summed E-state index contributed by atoms with van der Waals surface area (Å²) in [5.41, 5.74) is 7.30. The Bertz CT molecular complexity index is 516. The van der Waals surface area contributed by atoms with Crippen LogP contribution < -0.4 is 16.4 Å². The number of carbonyl (C=O) groups is 1. The number of nitrogens with zero attached hydrogens (tertiary/aromatic N) is 1. The highest BCUT2D eigenvalue weighted by molar-refractivity contribution is 5.95. The van der Waals surface area contributed by atoms with Gasteiger partial charge in [0, 0.05) is 19.0 Å². The number of carbonyl (C=O) groups excluding carboxylic acids is 1. The normalized spacial score (nSPS) is 13.6. The Morgan fingerprint density at radius 2 is 2.21 bits per heavy atom. The third-order valence-electron chi connectivity index (χ3n) is 3.01. The van der Waals surface area contributed by atoms with Crippen molar-refractivity contribution in [3.63, 3.8) is 0 Å². The molecular formula is C12H16N4O3. The van der Waals surface area contributed by atoms with Gasteiger partial charge in [0.05, 0.1) is 10.6 Å². The molecule has 0 aromatic heterocycles. The maximum absolute atomic E-state index is 11.3. The van der Waals surface area contributed by atoms with Crippen molar-refractivity contribution in [3.8, 4) is 0 Å². The second-order valence-corrected chi connectivity index (χ2v) is 4.40. The molecule has 1 amide bonds. The van der Waals surface area contributed by atoms with Crippen LogP contribution in [-0.4, -0.2) is 23.9 Å². The molecule has 102 valence electrons. The Morgan fingerprint density at radius 1 is 1.42 bits per heavy atom. The predicted molar refractivity (Wildman–Crippen MR) is 72.2 cm³/mol. The Morgan fingerprint density at radius 3 is 2.89 bits per heavy atom. The van der Waals surface area contributed by atoms with E-state index in [2.05, 4.69) is 10.6 Å². The van der Waals surface area contributed by atoms with Crippen molar-refractivity contribution in [1.29, 1.82) is 0 Å². The molecule has 0 unspecified atom stereocenters. The van der Waals surface area contributed by atoms with E-state index in [0.29, 0.717) is 37.3 Å². The first-order valence-corrected chi connectivity index (χ1v) is 6.17. The average Bonchev–Trinajstić information content (AvgIpc) is 2.38. The van der Waals surface area contributed by atoms with Crippen LogP contribution in [0.15, 0.2) is 12.1 Å². The highest BCUT2D eigenvalue weighted by Crippen LogP contribution is 2.34. The van der Waals surface area contributed by atoms with E-state index in [-0.39, 0.29) is 11.6 Å². The number of nitro groups is 1. The van der Waals surface area contributed by atoms with Gasteiger partial charge in [-0.3, -0.25) is 14.9 Å². The molecule has 19 heavy (non-hydrogen) atoms. The fourth-order valence-electron chi connectivity index (χ4n) is 2.03. The summed E-state index contributed by atoms with van der Waals surface area (Å²) in [6, 6.07) is 3.15. The summed E-state index contributed by atoms with van der Waals surface area (Å²) in [6.45, 7) is 1.12. The molecule has 1 aromatic carbocycles. The third-order valence-corrected chi connectivity index (χ3v) is 3.01. The summed E-state index contributed by atoms with van der Waals surface area (Å²) < 4.78 is 0. The molecule has 7 nitrogen and oxygen atoms in total. The molecule has 0 bridgehead atoms. The van der Waals surface area contributed by atoms with Gasteiger partial charge in [0.25, 0.3) is 5.69 Å². The lowest BCUT2D eigenvalue weighted by Gasteiger charge is -2.18. The van der Waals surface area contributed by atoms with Crippen LogP contribution in [0, 0.1) is 10.1 Å². The second-order valence-electron chi connectivity index (χ2n) is 4.40. The van der Waals surface area contributed by atoms with Crippen LogP contribution in [0.1, 0.15) is 18.4 Å². The molecule has 1 aromatic rings. The fraction of sp³-hybridized carbons (Fsp3) is 0.417. The summed E-state index contributed by atoms with van der Waals surface area (Å²) in [7, 11) is 0. The topological polar surface area (TPSA) is 110 Å². The highest BCUT2D eigenvalue weighted by atomic mass is 16.6. The van der Waals surface area contributed by atoms with Gasteiger partial charge in [0.1, 0.15) is 5.69 Å². The molecule has 0 fully saturated rings. The number of amides is 1. The zero-order valence-corrected chi connectivity index (χ0v) is 10.4. The molecule has 0 radical (unpaired) electrons. The van der Waals surface area contributed by atoms with Crippen LogP contribution in [0.2, 0.25) is 0 Å². The van der Waals surface area contributed by atoms with Crippen LogP contribution in [0.25, 0.3) is 0 Å². The van der Waals surface area contributed by atoms with Crippen LogP contribution in [0.3, 0.4) is 0 Å². The van der Waals surface area contributed by atoms with E-state index < -0.39 is 4.92 Å². The minimum Gasteiger partial charge on any atom is -0.379 e. The van der Waals surface area contributed by atoms with Gasteiger partial charge in [-0.15, -0.1) is 0 Å². The SMILES string of the molecule is NCCCNc1cc2c(cc1[N+](=O)[O-])NC(=O)CC2. The number of nitro benzene ring substituents is 1. The van der Waals surface area contributed by atoms with E-state index >= 15 is 0 Å². The molecule has 0 aliphatic carbocycles. The Labute approximate surface area is 110 Å². The number of nitrogens with one attached hydrogen (secondary N) is 2. The second kappa shape index (κ2) is 5.66. The van der Waals surface area contributed by atoms with Crippen molar-refractivity contribution in [2.24, 2.45) is 5.73 Å². The third kappa shape index (κ3) is 3.00. The Balaban J connectivity index is 2.30. The van der Waals surface area contributed by atoms with Gasteiger partial charge in [-0.25, -0.2) is 0 Å². The van der Waals surface area contributed by atoms with Crippen LogP contribution in [0.5, 0.6) is 0 Å². The molecule has 7 heteroatoms. The molecule has 1 aliphatic heterocycles. The molecular weight excluding hydrogens is 248 g/mol. The molecule has 2 rings (SSSR count). The minimum absolute atomic E-state index is 0.0297. The number of aryl methyl sites for hydroxylation is 1. The van der Waals surface area contributed by atoms with Crippen LogP contribution in [0.4, 0.5) is 17.1 Å². The summed E-state index contributed by atoms with van der Waals surface area (Å²) in [5.74, 6) is -0.106. The summed E-state index contributed by atoms with van der Waals surface area (Å²) >= 11 is 0. The lowest BCUT2D eigenvalue weighted by Crippen LogP contribution is -2.19. The van der Waals surface area contributed by atoms with Gasteiger partial charge in [-0.2, -0.15) is 0 Å². The zero-order valence-electron chi connectivity index (χ0n) is 10.4. The van der Waals surface area contributed by atoms with E-state index in [9.17, 15) is 14.9 Å². The van der Waals surface area contributed by atoms with E-state index in [1.165, 1.54) is 6.07 Å². The smallest absolute Gasteiger partial charge is 0.294 e. The molecule has 0 saturated carbocycles. The Kier molecular flexibility index (Phi) is 3.96. The van der Waals surface area contributed by atoms with Crippen molar-refractivity contribution in [2.75, 3.05) is 23.7 Å². The number of nitrogens with two attached hydrogens (primary N) is 1. The molecule has 4 N–H and O–H groups in total. The monoisotopic (exact) mass is 264 g/mol. The highest BCUT2D eigenvalue weighted by Gasteiger charge is 2.22. The van der Waals surface area contributed by atoms with E-state index in [1.807, 2.05) is 0 Å². The first kappa shape index (κ1) is 13.3. The van der Waals surface area contributed by atoms with Crippen molar-refractivity contribution < 1.29 is 9.72 Å². The van der Waals surface area contributed by atoms with Crippen LogP contribution in [-0.2, 0) is 11.2 Å². The quantitative estimate of drug-likeness (QED) is 0.421. The number of hydrogen-bond acceptors (Lipinski definition) is 5. The summed E-state index contributed by atoms with van der Waals surface area (Å²) in [6.07, 6.45) is 1.75. The molecule has 1 heterocycles. The van der Waals surface area contributed by atoms with E-state index in [0.717, 1.165) is 12.0 Å². The number of rotatable bonds is 5. The maximum Gasteiger partial charge on any atom is 0.294 e. The van der Waals surface area contributed by atoms with Crippen molar-refractivity contribution in [1.82, 2.24) is 0 Å². The Hall–Kier alpha value is -2.15. The molecule has 0 saturated heterocycles. The average molecular weight is 264 g/mol. The lowest BCUT2D eigenvalue weighted by atomic mass is 10.0. The van der Waals surface area contributed by atoms with Crippen molar-refractivity contribution in [2.45, 2.75) is 19.3 Å². The number of fused-ring (bicyclic) bond motifs is 1. The number of anilines is 2. The maximum atomic E-state index is 11.3. The summed E-state index contributed by atoms with van der Waals surface area (Å²) in [4.78, 5) is 21.9. The molecule has 0 spiro atoms. The fourth-order valence-corrected chi connectivity index (χ4v) is 2.03. The summed E-state index contributed by atoms with van der Waals surface area (Å²) in [5, 5.41) is 16.7. The van der Waals surface area contributed by atoms with Gasteiger partial charge in [-0.1, -0.05) is 0 Å². The standard InChI is InChI=1S/C12H16N4O3/c13-4-1-5-14-10-6-8-2-3-12(17)15-9(8)7-11(10)16(18)19/h6-7,14H,1-5,13H2,(H,15,17). The number of hydrogen-bond donors (Lipinski definition) is 3. The van der Waals surface area contributed by atoms with E-state index in [1.54, 1.807) is 6.07 Å². The number of benzene rings is 1. The minimum atomic E-state index is -0.453. The molecule has 0 atom stereocenters. The van der Waals surface area contributed by atoms with Gasteiger partial charge < -0.3 is 16.4 Å². The largest absolute Gasteiger partial charge is 0.379 e. The predicted octanol–water partition coefficient (Wildman–Crippen LogP) is 1.24. The van der Waals surface area contributed by atoms with Gasteiger partial charge in [0.2, 0.25) is 5.91 Å². The van der Waals surface area contributed by atoms with Gasteiger partial charge >= 0.3 is 0 Å². The zero-order chi connectivity index (χ0) is 13.8. The van der Waals surface area contributed by atoms with Crippen molar-refractivity contribution in [3.05, 3.63) is 27.8 Å². The van der Waals surface area contributed by atoms with Crippen molar-refractivity contribution >= 4 is 23.0 Å². The first-order chi connectivity index (χ1) is 9.11. The van der Waals surface area contributed by atoms with E-state index in [4.69, 9.17) is 5.73 Å². The van der Waals surface area contributed by atoms with Gasteiger partial charge in [0.15, 0.2) is 0 Å². The molecule has 1 aliphatic rings. The first-order valence-electron chi connectivity index (χ1n) is 6.17. The van der Waals surface area contributed by atoms with Crippen LogP contribution >= 0.6 is 0 Å².